The van der Waals surface area contributed by atoms with E-state index >= 15 is 0 Å². The number of hydrogen-bond donors (Lipinski definition) is 1. The highest BCUT2D eigenvalue weighted by Crippen LogP contribution is 2.25. The summed E-state index contributed by atoms with van der Waals surface area (Å²) in [5.74, 6) is -0.387. The molecule has 0 bridgehead atoms. The number of carbonyl (C=O) groups is 2. The molecule has 1 heterocycles. The quantitative estimate of drug-likeness (QED) is 0.823. The van der Waals surface area contributed by atoms with Gasteiger partial charge in [-0.05, 0) is 37.0 Å². The van der Waals surface area contributed by atoms with Crippen LogP contribution in [0.15, 0.2) is 24.3 Å². The molecule has 0 aliphatic carbocycles. The first kappa shape index (κ1) is 18.4. The van der Waals surface area contributed by atoms with Gasteiger partial charge in [0, 0.05) is 32.7 Å². The fraction of sp³-hybridized carbons (Fsp3) is 0.556. The van der Waals surface area contributed by atoms with Crippen molar-refractivity contribution in [1.82, 2.24) is 4.90 Å². The number of likely N-dealkylation sites (tertiary alicyclic amines) is 1. The molecular formula is C18H26N2O4. The Kier molecular flexibility index (Phi) is 6.75. The van der Waals surface area contributed by atoms with Crippen LogP contribution < -0.4 is 5.73 Å². The number of nitrogens with two attached hydrogens (primary N) is 1. The van der Waals surface area contributed by atoms with Crippen molar-refractivity contribution in [2.45, 2.75) is 44.4 Å². The zero-order valence-electron chi connectivity index (χ0n) is 14.4. The molecule has 6 nitrogen and oxygen atoms in total. The largest absolute Gasteiger partial charge is 0.380 e. The van der Waals surface area contributed by atoms with Gasteiger partial charge in [-0.1, -0.05) is 12.1 Å². The van der Waals surface area contributed by atoms with Crippen LogP contribution in [0.3, 0.4) is 0 Å². The summed E-state index contributed by atoms with van der Waals surface area (Å²) in [5.41, 5.74) is 6.94. The lowest BCUT2D eigenvalue weighted by molar-refractivity contribution is -0.118. The van der Waals surface area contributed by atoms with Crippen molar-refractivity contribution in [3.05, 3.63) is 35.4 Å². The summed E-state index contributed by atoms with van der Waals surface area (Å²) < 4.78 is 10.6. The normalized spacial score (nSPS) is 20.8. The van der Waals surface area contributed by atoms with E-state index in [-0.39, 0.29) is 30.4 Å². The van der Waals surface area contributed by atoms with Crippen molar-refractivity contribution in [2.75, 3.05) is 20.8 Å². The van der Waals surface area contributed by atoms with E-state index in [1.807, 2.05) is 29.2 Å². The average Bonchev–Trinajstić information content (AvgIpc) is 2.60. The highest BCUT2D eigenvalue weighted by atomic mass is 16.5. The Morgan fingerprint density at radius 1 is 1.25 bits per heavy atom. The number of rotatable bonds is 7. The van der Waals surface area contributed by atoms with Gasteiger partial charge < -0.3 is 20.1 Å². The number of carbonyl (C=O) groups excluding carboxylic acids is 2. The maximum atomic E-state index is 12.9. The third kappa shape index (κ3) is 4.55. The molecule has 6 heteroatoms. The van der Waals surface area contributed by atoms with Crippen LogP contribution in [-0.4, -0.2) is 49.6 Å². The van der Waals surface area contributed by atoms with E-state index in [4.69, 9.17) is 15.2 Å². The number of hydrogen-bond acceptors (Lipinski definition) is 4. The zero-order valence-corrected chi connectivity index (χ0v) is 14.4. The molecule has 0 spiro atoms. The van der Waals surface area contributed by atoms with Gasteiger partial charge in [0.1, 0.15) is 0 Å². The van der Waals surface area contributed by atoms with Crippen molar-refractivity contribution < 1.29 is 19.1 Å². The van der Waals surface area contributed by atoms with Crippen LogP contribution >= 0.6 is 0 Å². The molecule has 1 saturated heterocycles. The number of piperidine rings is 1. The maximum Gasteiger partial charge on any atom is 0.254 e. The molecule has 2 N–H and O–H groups in total. The van der Waals surface area contributed by atoms with Crippen molar-refractivity contribution >= 4 is 11.8 Å². The lowest BCUT2D eigenvalue weighted by Crippen LogP contribution is -2.51. The van der Waals surface area contributed by atoms with Crippen LogP contribution in [0.25, 0.3) is 0 Å². The summed E-state index contributed by atoms with van der Waals surface area (Å²) in [5, 5.41) is 0. The van der Waals surface area contributed by atoms with E-state index in [1.165, 1.54) is 0 Å². The van der Waals surface area contributed by atoms with Gasteiger partial charge in [-0.2, -0.15) is 0 Å². The van der Waals surface area contributed by atoms with Gasteiger partial charge in [0.25, 0.3) is 5.91 Å². The molecule has 0 radical (unpaired) electrons. The van der Waals surface area contributed by atoms with Gasteiger partial charge in [-0.15, -0.1) is 0 Å². The second-order valence-electron chi connectivity index (χ2n) is 6.12. The van der Waals surface area contributed by atoms with Crippen molar-refractivity contribution in [2.24, 2.45) is 5.73 Å². The summed E-state index contributed by atoms with van der Waals surface area (Å²) in [4.78, 5) is 25.9. The number of benzene rings is 1. The molecule has 132 valence electrons. The Hall–Kier alpha value is -1.92. The van der Waals surface area contributed by atoms with E-state index in [0.717, 1.165) is 18.4 Å². The molecule has 1 aliphatic heterocycles. The molecule has 1 fully saturated rings. The smallest absolute Gasteiger partial charge is 0.254 e. The first-order valence-corrected chi connectivity index (χ1v) is 8.26. The molecule has 1 aromatic carbocycles. The minimum atomic E-state index is -0.355. The van der Waals surface area contributed by atoms with Gasteiger partial charge in [-0.3, -0.25) is 9.59 Å². The monoisotopic (exact) mass is 334 g/mol. The average molecular weight is 334 g/mol. The van der Waals surface area contributed by atoms with E-state index < -0.39 is 0 Å². The van der Waals surface area contributed by atoms with Gasteiger partial charge in [0.2, 0.25) is 5.91 Å². The molecule has 2 atom stereocenters. The van der Waals surface area contributed by atoms with Crippen LogP contribution in [0.4, 0.5) is 0 Å². The van der Waals surface area contributed by atoms with Crippen molar-refractivity contribution in [3.8, 4) is 0 Å². The Labute approximate surface area is 142 Å². The predicted octanol–water partition coefficient (Wildman–Crippen LogP) is 1.72. The highest BCUT2D eigenvalue weighted by Gasteiger charge is 2.34. The summed E-state index contributed by atoms with van der Waals surface area (Å²) in [6.07, 6.45) is 2.49. The molecule has 0 unspecified atom stereocenters. The predicted molar refractivity (Wildman–Crippen MR) is 90.4 cm³/mol. The minimum Gasteiger partial charge on any atom is -0.380 e. The fourth-order valence-corrected chi connectivity index (χ4v) is 3.26. The Bertz CT molecular complexity index is 559. The van der Waals surface area contributed by atoms with Gasteiger partial charge in [-0.25, -0.2) is 0 Å². The van der Waals surface area contributed by atoms with Crippen LogP contribution in [0.2, 0.25) is 0 Å². The van der Waals surface area contributed by atoms with Crippen molar-refractivity contribution in [3.63, 3.8) is 0 Å². The van der Waals surface area contributed by atoms with Crippen LogP contribution in [0.1, 0.15) is 41.6 Å². The summed E-state index contributed by atoms with van der Waals surface area (Å²) in [6.45, 7) is 1.19. The van der Waals surface area contributed by atoms with Crippen LogP contribution in [0.5, 0.6) is 0 Å². The molecule has 24 heavy (non-hydrogen) atoms. The lowest BCUT2D eigenvalue weighted by Gasteiger charge is -2.40. The molecular weight excluding hydrogens is 308 g/mol. The second kappa shape index (κ2) is 8.80. The van der Waals surface area contributed by atoms with Crippen molar-refractivity contribution in [1.29, 1.82) is 0 Å². The zero-order chi connectivity index (χ0) is 17.5. The molecule has 0 saturated carbocycles. The standard InChI is InChI=1S/C18H26N2O4/c1-23-12-13-5-7-14(8-6-13)18(22)20-11-3-4-16(24-2)15(20)9-10-17(19)21/h5-8,15-16H,3-4,9-12H2,1-2H3,(H2,19,21)/t15-,16-/m0/s1. The fourth-order valence-electron chi connectivity index (χ4n) is 3.26. The van der Waals surface area contributed by atoms with Gasteiger partial charge >= 0.3 is 0 Å². The molecule has 0 aromatic heterocycles. The Morgan fingerprint density at radius 3 is 2.54 bits per heavy atom. The van der Waals surface area contributed by atoms with Gasteiger partial charge in [0.05, 0.1) is 18.8 Å². The van der Waals surface area contributed by atoms with E-state index in [2.05, 4.69) is 0 Å². The molecule has 1 aliphatic rings. The van der Waals surface area contributed by atoms with E-state index in [1.54, 1.807) is 14.2 Å². The number of amides is 2. The maximum absolute atomic E-state index is 12.9. The Balaban J connectivity index is 2.15. The number of methoxy groups -OCH3 is 2. The molecule has 2 amide bonds. The minimum absolute atomic E-state index is 0.0322. The van der Waals surface area contributed by atoms with E-state index in [9.17, 15) is 9.59 Å². The third-order valence-electron chi connectivity index (χ3n) is 4.48. The van der Waals surface area contributed by atoms with Gasteiger partial charge in [0.15, 0.2) is 0 Å². The van der Waals surface area contributed by atoms with Crippen LogP contribution in [-0.2, 0) is 20.9 Å². The highest BCUT2D eigenvalue weighted by molar-refractivity contribution is 5.94. The molecule has 1 aromatic rings. The Morgan fingerprint density at radius 2 is 1.96 bits per heavy atom. The number of nitrogens with zero attached hydrogens (tertiary/aromatic N) is 1. The molecule has 2 rings (SSSR count). The first-order valence-electron chi connectivity index (χ1n) is 8.26. The SMILES string of the molecule is COCc1ccc(C(=O)N2CCC[C@H](OC)[C@@H]2CCC(N)=O)cc1. The van der Waals surface area contributed by atoms with E-state index in [0.29, 0.717) is 25.1 Å². The number of ether oxygens (including phenoxy) is 2. The summed E-state index contributed by atoms with van der Waals surface area (Å²) >= 11 is 0. The second-order valence-corrected chi connectivity index (χ2v) is 6.12. The topological polar surface area (TPSA) is 81.9 Å². The summed E-state index contributed by atoms with van der Waals surface area (Å²) in [6, 6.07) is 7.30. The number of primary amides is 1. The third-order valence-corrected chi connectivity index (χ3v) is 4.48. The summed E-state index contributed by atoms with van der Waals surface area (Å²) in [7, 11) is 3.29. The first-order chi connectivity index (χ1) is 11.6. The lowest BCUT2D eigenvalue weighted by atomic mass is 9.93. The van der Waals surface area contributed by atoms with Crippen LogP contribution in [0, 0.1) is 0 Å².